The van der Waals surface area contributed by atoms with Crippen molar-refractivity contribution in [3.05, 3.63) is 40.9 Å². The Morgan fingerprint density at radius 1 is 1.38 bits per heavy atom. The predicted octanol–water partition coefficient (Wildman–Crippen LogP) is 2.36. The largest absolute Gasteiger partial charge is 0.301 e. The van der Waals surface area contributed by atoms with E-state index < -0.39 is 11.7 Å². The Hall–Kier alpha value is -1.61. The molecule has 1 aliphatic rings. The van der Waals surface area contributed by atoms with Crippen LogP contribution in [0.5, 0.6) is 0 Å². The standard InChI is InChI=1S/C12H10ClNO2/c1-8(13)6-7-14-10-5-3-2-4-9(10)11(15)12(14)16/h2-6H,7H2,1H3. The van der Waals surface area contributed by atoms with E-state index in [0.717, 1.165) is 0 Å². The van der Waals surface area contributed by atoms with Gasteiger partial charge in [-0.3, -0.25) is 9.59 Å². The van der Waals surface area contributed by atoms with Crippen LogP contribution in [-0.4, -0.2) is 18.2 Å². The maximum atomic E-state index is 11.7. The summed E-state index contributed by atoms with van der Waals surface area (Å²) in [4.78, 5) is 24.7. The molecule has 0 spiro atoms. The molecule has 3 nitrogen and oxygen atoms in total. The lowest BCUT2D eigenvalue weighted by Gasteiger charge is -2.13. The number of carbonyl (C=O) groups excluding carboxylic acids is 2. The zero-order valence-corrected chi connectivity index (χ0v) is 9.49. The molecular formula is C12H10ClNO2. The number of hydrogen-bond donors (Lipinski definition) is 0. The summed E-state index contributed by atoms with van der Waals surface area (Å²) in [5.41, 5.74) is 1.12. The minimum Gasteiger partial charge on any atom is -0.301 e. The topological polar surface area (TPSA) is 37.4 Å². The summed E-state index contributed by atoms with van der Waals surface area (Å²) in [6.45, 7) is 2.06. The molecule has 0 N–H and O–H groups in total. The van der Waals surface area contributed by atoms with Crippen molar-refractivity contribution < 1.29 is 9.59 Å². The Morgan fingerprint density at radius 3 is 2.75 bits per heavy atom. The zero-order valence-electron chi connectivity index (χ0n) is 8.74. The van der Waals surface area contributed by atoms with Crippen LogP contribution < -0.4 is 4.90 Å². The molecule has 1 heterocycles. The first-order chi connectivity index (χ1) is 7.61. The number of carbonyl (C=O) groups is 2. The Balaban J connectivity index is 2.38. The second kappa shape index (κ2) is 4.10. The minimum atomic E-state index is -0.490. The summed E-state index contributed by atoms with van der Waals surface area (Å²) < 4.78 is 0. The Kier molecular flexibility index (Phi) is 2.79. The third-order valence-corrected chi connectivity index (χ3v) is 2.59. The van der Waals surface area contributed by atoms with Crippen molar-refractivity contribution in [3.8, 4) is 0 Å². The van der Waals surface area contributed by atoms with E-state index in [0.29, 0.717) is 22.8 Å². The van der Waals surface area contributed by atoms with Gasteiger partial charge in [0.2, 0.25) is 0 Å². The Morgan fingerprint density at radius 2 is 2.06 bits per heavy atom. The van der Waals surface area contributed by atoms with E-state index >= 15 is 0 Å². The summed E-state index contributed by atoms with van der Waals surface area (Å²) in [5, 5.41) is 0.602. The summed E-state index contributed by atoms with van der Waals surface area (Å²) in [6, 6.07) is 6.97. The molecule has 0 atom stereocenters. The monoisotopic (exact) mass is 235 g/mol. The van der Waals surface area contributed by atoms with Crippen LogP contribution in [-0.2, 0) is 4.79 Å². The Labute approximate surface area is 98.3 Å². The SMILES string of the molecule is CC(Cl)=CCN1C(=O)C(=O)c2ccccc21. The van der Waals surface area contributed by atoms with Gasteiger partial charge in [0.05, 0.1) is 11.3 Å². The number of Topliss-reactive ketones (excluding diaryl/α,β-unsaturated/α-hetero) is 1. The summed E-state index contributed by atoms with van der Waals surface area (Å²) >= 11 is 5.71. The number of rotatable bonds is 2. The zero-order chi connectivity index (χ0) is 11.7. The molecule has 1 aromatic rings. The smallest absolute Gasteiger partial charge is 0.299 e. The number of amides is 1. The lowest BCUT2D eigenvalue weighted by molar-refractivity contribution is -0.114. The van der Waals surface area contributed by atoms with Gasteiger partial charge in [-0.05, 0) is 19.1 Å². The van der Waals surface area contributed by atoms with Crippen LogP contribution >= 0.6 is 11.6 Å². The molecule has 0 aromatic heterocycles. The highest BCUT2D eigenvalue weighted by Gasteiger charge is 2.34. The van der Waals surface area contributed by atoms with Crippen LogP contribution in [0.15, 0.2) is 35.4 Å². The highest BCUT2D eigenvalue weighted by molar-refractivity contribution is 6.52. The quantitative estimate of drug-likeness (QED) is 0.738. The fraction of sp³-hybridized carbons (Fsp3) is 0.167. The molecule has 4 heteroatoms. The first kappa shape index (κ1) is 10.9. The number of halogens is 1. The molecule has 0 fully saturated rings. The van der Waals surface area contributed by atoms with Gasteiger partial charge in [-0.1, -0.05) is 29.8 Å². The van der Waals surface area contributed by atoms with Crippen LogP contribution in [0.2, 0.25) is 0 Å². The van der Waals surface area contributed by atoms with Gasteiger partial charge in [0.1, 0.15) is 0 Å². The highest BCUT2D eigenvalue weighted by atomic mass is 35.5. The van der Waals surface area contributed by atoms with E-state index in [-0.39, 0.29) is 0 Å². The molecule has 16 heavy (non-hydrogen) atoms. The van der Waals surface area contributed by atoms with Crippen molar-refractivity contribution in [2.75, 3.05) is 11.4 Å². The van der Waals surface area contributed by atoms with Crippen LogP contribution in [0.4, 0.5) is 5.69 Å². The molecule has 0 aliphatic carbocycles. The van der Waals surface area contributed by atoms with E-state index in [1.807, 2.05) is 0 Å². The molecule has 0 unspecified atom stereocenters. The van der Waals surface area contributed by atoms with Crippen molar-refractivity contribution in [2.45, 2.75) is 6.92 Å². The van der Waals surface area contributed by atoms with Crippen LogP contribution in [0.1, 0.15) is 17.3 Å². The molecule has 1 aliphatic heterocycles. The number of anilines is 1. The van der Waals surface area contributed by atoms with Gasteiger partial charge >= 0.3 is 0 Å². The van der Waals surface area contributed by atoms with Crippen molar-refractivity contribution >= 4 is 29.0 Å². The van der Waals surface area contributed by atoms with Gasteiger partial charge in [-0.25, -0.2) is 0 Å². The molecule has 1 amide bonds. The van der Waals surface area contributed by atoms with E-state index in [1.54, 1.807) is 37.3 Å². The Bertz CT molecular complexity index is 490. The lowest BCUT2D eigenvalue weighted by Crippen LogP contribution is -2.29. The van der Waals surface area contributed by atoms with Gasteiger partial charge in [0.15, 0.2) is 0 Å². The third-order valence-electron chi connectivity index (χ3n) is 2.43. The van der Waals surface area contributed by atoms with Gasteiger partial charge in [-0.15, -0.1) is 0 Å². The molecular weight excluding hydrogens is 226 g/mol. The molecule has 82 valence electrons. The molecule has 0 saturated heterocycles. The lowest BCUT2D eigenvalue weighted by atomic mass is 10.1. The van der Waals surface area contributed by atoms with Crippen LogP contribution in [0.3, 0.4) is 0 Å². The van der Waals surface area contributed by atoms with Crippen molar-refractivity contribution in [1.29, 1.82) is 0 Å². The predicted molar refractivity (Wildman–Crippen MR) is 62.7 cm³/mol. The normalized spacial score (nSPS) is 15.6. The average Bonchev–Trinajstić information content (AvgIpc) is 2.50. The molecule has 0 bridgehead atoms. The van der Waals surface area contributed by atoms with Crippen LogP contribution in [0.25, 0.3) is 0 Å². The number of nitrogens with zero attached hydrogens (tertiary/aromatic N) is 1. The average molecular weight is 236 g/mol. The van der Waals surface area contributed by atoms with Gasteiger partial charge in [-0.2, -0.15) is 0 Å². The number of allylic oxidation sites excluding steroid dienone is 1. The highest BCUT2D eigenvalue weighted by Crippen LogP contribution is 2.28. The fourth-order valence-electron chi connectivity index (χ4n) is 1.65. The number of ketones is 1. The van der Waals surface area contributed by atoms with Gasteiger partial charge < -0.3 is 4.90 Å². The molecule has 1 aromatic carbocycles. The molecule has 2 rings (SSSR count). The minimum absolute atomic E-state index is 0.330. The van der Waals surface area contributed by atoms with E-state index in [9.17, 15) is 9.59 Å². The fourth-order valence-corrected chi connectivity index (χ4v) is 1.72. The number of fused-ring (bicyclic) bond motifs is 1. The van der Waals surface area contributed by atoms with Crippen LogP contribution in [0, 0.1) is 0 Å². The number of benzene rings is 1. The number of para-hydroxylation sites is 1. The first-order valence-electron chi connectivity index (χ1n) is 4.88. The summed E-state index contributed by atoms with van der Waals surface area (Å²) in [7, 11) is 0. The maximum absolute atomic E-state index is 11.7. The maximum Gasteiger partial charge on any atom is 0.299 e. The van der Waals surface area contributed by atoms with Crippen molar-refractivity contribution in [2.24, 2.45) is 0 Å². The first-order valence-corrected chi connectivity index (χ1v) is 5.26. The second-order valence-corrected chi connectivity index (χ2v) is 4.15. The summed E-state index contributed by atoms with van der Waals surface area (Å²) in [6.07, 6.45) is 1.70. The second-order valence-electron chi connectivity index (χ2n) is 3.55. The van der Waals surface area contributed by atoms with Gasteiger partial charge in [0, 0.05) is 11.6 Å². The molecule has 0 radical (unpaired) electrons. The third kappa shape index (κ3) is 1.74. The van der Waals surface area contributed by atoms with E-state index in [2.05, 4.69) is 0 Å². The molecule has 0 saturated carbocycles. The van der Waals surface area contributed by atoms with Gasteiger partial charge in [0.25, 0.3) is 11.7 Å². The number of hydrogen-bond acceptors (Lipinski definition) is 2. The van der Waals surface area contributed by atoms with Crippen molar-refractivity contribution in [1.82, 2.24) is 0 Å². The summed E-state index contributed by atoms with van der Waals surface area (Å²) in [5.74, 6) is -0.938. The van der Waals surface area contributed by atoms with E-state index in [4.69, 9.17) is 11.6 Å². The van der Waals surface area contributed by atoms with Crippen molar-refractivity contribution in [3.63, 3.8) is 0 Å². The van der Waals surface area contributed by atoms with E-state index in [1.165, 1.54) is 4.90 Å².